The summed E-state index contributed by atoms with van der Waals surface area (Å²) in [5.41, 5.74) is 4.62. The lowest BCUT2D eigenvalue weighted by Gasteiger charge is -2.30. The molecule has 6 heteroatoms. The average Bonchev–Trinajstić information content (AvgIpc) is 3.20. The van der Waals surface area contributed by atoms with E-state index in [1.54, 1.807) is 11.1 Å². The SMILES string of the molecule is Cc1ccc2c(c1)N(C(=O)Cn1ccc3ccn(Cc4ccccc4C)c3c1=O)CCO2. The van der Waals surface area contributed by atoms with Crippen LogP contribution in [0.5, 0.6) is 5.75 Å². The first-order valence-electron chi connectivity index (χ1n) is 10.8. The molecule has 0 saturated carbocycles. The van der Waals surface area contributed by atoms with E-state index in [9.17, 15) is 9.59 Å². The number of nitrogens with zero attached hydrogens (tertiary/aromatic N) is 3. The maximum Gasteiger partial charge on any atom is 0.275 e. The Bertz CT molecular complexity index is 1380. The largest absolute Gasteiger partial charge is 0.490 e. The van der Waals surface area contributed by atoms with Crippen molar-refractivity contribution in [1.29, 1.82) is 0 Å². The highest BCUT2D eigenvalue weighted by Crippen LogP contribution is 2.32. The van der Waals surface area contributed by atoms with Crippen LogP contribution in [0.25, 0.3) is 10.9 Å². The molecule has 0 N–H and O–H groups in total. The van der Waals surface area contributed by atoms with Gasteiger partial charge >= 0.3 is 0 Å². The molecule has 5 rings (SSSR count). The van der Waals surface area contributed by atoms with Crippen LogP contribution >= 0.6 is 0 Å². The Morgan fingerprint density at radius 3 is 2.59 bits per heavy atom. The number of pyridine rings is 1. The molecule has 1 aliphatic heterocycles. The molecule has 0 bridgehead atoms. The van der Waals surface area contributed by atoms with Gasteiger partial charge in [0.1, 0.15) is 24.4 Å². The highest BCUT2D eigenvalue weighted by molar-refractivity contribution is 5.95. The van der Waals surface area contributed by atoms with Crippen molar-refractivity contribution in [3.05, 3.63) is 94.0 Å². The van der Waals surface area contributed by atoms with Gasteiger partial charge in [-0.05, 0) is 54.8 Å². The molecule has 0 saturated heterocycles. The predicted molar refractivity (Wildman–Crippen MR) is 126 cm³/mol. The van der Waals surface area contributed by atoms with Crippen LogP contribution in [-0.2, 0) is 17.9 Å². The van der Waals surface area contributed by atoms with E-state index < -0.39 is 0 Å². The van der Waals surface area contributed by atoms with Gasteiger partial charge in [0.25, 0.3) is 5.56 Å². The first kappa shape index (κ1) is 20.1. The summed E-state index contributed by atoms with van der Waals surface area (Å²) in [7, 11) is 0. The molecule has 0 radical (unpaired) electrons. The molecule has 4 aromatic rings. The highest BCUT2D eigenvalue weighted by Gasteiger charge is 2.24. The summed E-state index contributed by atoms with van der Waals surface area (Å²) in [6.45, 7) is 5.56. The van der Waals surface area contributed by atoms with Crippen molar-refractivity contribution < 1.29 is 9.53 Å². The molecular weight excluding hydrogens is 402 g/mol. The van der Waals surface area contributed by atoms with Gasteiger partial charge in [-0.25, -0.2) is 0 Å². The number of ether oxygens (including phenoxy) is 1. The maximum absolute atomic E-state index is 13.4. The average molecular weight is 428 g/mol. The lowest BCUT2D eigenvalue weighted by Crippen LogP contribution is -2.41. The zero-order valence-corrected chi connectivity index (χ0v) is 18.2. The predicted octanol–water partition coefficient (Wildman–Crippen LogP) is 3.89. The quantitative estimate of drug-likeness (QED) is 0.497. The van der Waals surface area contributed by atoms with Crippen LogP contribution in [0.4, 0.5) is 5.69 Å². The first-order chi connectivity index (χ1) is 15.5. The fourth-order valence-electron chi connectivity index (χ4n) is 4.29. The van der Waals surface area contributed by atoms with E-state index >= 15 is 0 Å². The van der Waals surface area contributed by atoms with Crippen molar-refractivity contribution in [2.24, 2.45) is 0 Å². The zero-order valence-electron chi connectivity index (χ0n) is 18.2. The van der Waals surface area contributed by atoms with Gasteiger partial charge in [-0.1, -0.05) is 30.3 Å². The topological polar surface area (TPSA) is 56.5 Å². The number of anilines is 1. The monoisotopic (exact) mass is 427 g/mol. The molecule has 32 heavy (non-hydrogen) atoms. The minimum absolute atomic E-state index is 0.0162. The molecule has 2 aromatic heterocycles. The molecule has 6 nitrogen and oxygen atoms in total. The molecule has 3 heterocycles. The fourth-order valence-corrected chi connectivity index (χ4v) is 4.29. The maximum atomic E-state index is 13.4. The summed E-state index contributed by atoms with van der Waals surface area (Å²) in [4.78, 5) is 28.3. The number of aryl methyl sites for hydroxylation is 2. The number of carbonyl (C=O) groups excluding carboxylic acids is 1. The Hall–Kier alpha value is -3.80. The van der Waals surface area contributed by atoms with Gasteiger partial charge in [0.15, 0.2) is 0 Å². The molecule has 0 aliphatic carbocycles. The number of hydrogen-bond donors (Lipinski definition) is 0. The van der Waals surface area contributed by atoms with Crippen LogP contribution in [0.15, 0.2) is 71.8 Å². The van der Waals surface area contributed by atoms with Crippen molar-refractivity contribution in [2.45, 2.75) is 26.9 Å². The number of carbonyl (C=O) groups is 1. The Morgan fingerprint density at radius 1 is 1.00 bits per heavy atom. The zero-order chi connectivity index (χ0) is 22.2. The molecule has 0 unspecified atom stereocenters. The lowest BCUT2D eigenvalue weighted by atomic mass is 10.1. The van der Waals surface area contributed by atoms with Crippen LogP contribution in [0.1, 0.15) is 16.7 Å². The second kappa shape index (κ2) is 8.04. The first-order valence-corrected chi connectivity index (χ1v) is 10.8. The summed E-state index contributed by atoms with van der Waals surface area (Å²) < 4.78 is 9.17. The summed E-state index contributed by atoms with van der Waals surface area (Å²) >= 11 is 0. The van der Waals surface area contributed by atoms with Gasteiger partial charge in [-0.2, -0.15) is 0 Å². The van der Waals surface area contributed by atoms with Crippen LogP contribution < -0.4 is 15.2 Å². The van der Waals surface area contributed by atoms with Crippen LogP contribution in [0, 0.1) is 13.8 Å². The smallest absolute Gasteiger partial charge is 0.275 e. The standard InChI is InChI=1S/C26H25N3O3/c1-18-7-8-23-22(15-18)29(13-14-32-23)24(30)17-28-12-10-20-9-11-27(25(20)26(28)31)16-21-6-4-3-5-19(21)2/h3-12,15H,13-14,16-17H2,1-2H3. The Labute approximate surface area is 186 Å². The molecule has 2 aromatic carbocycles. The summed E-state index contributed by atoms with van der Waals surface area (Å²) in [5.74, 6) is 0.573. The van der Waals surface area contributed by atoms with E-state index in [1.165, 1.54) is 10.1 Å². The van der Waals surface area contributed by atoms with E-state index in [1.807, 2.05) is 60.2 Å². The minimum atomic E-state index is -0.160. The van der Waals surface area contributed by atoms with Gasteiger partial charge in [0, 0.05) is 24.3 Å². The number of rotatable bonds is 4. The lowest BCUT2D eigenvalue weighted by molar-refractivity contribution is -0.119. The van der Waals surface area contributed by atoms with Gasteiger partial charge in [0.2, 0.25) is 5.91 Å². The van der Waals surface area contributed by atoms with E-state index in [4.69, 9.17) is 4.74 Å². The molecule has 0 spiro atoms. The van der Waals surface area contributed by atoms with Crippen molar-refractivity contribution in [3.8, 4) is 5.75 Å². The minimum Gasteiger partial charge on any atom is -0.490 e. The molecular formula is C26H25N3O3. The Morgan fingerprint density at radius 2 is 1.78 bits per heavy atom. The highest BCUT2D eigenvalue weighted by atomic mass is 16.5. The van der Waals surface area contributed by atoms with Gasteiger partial charge in [-0.15, -0.1) is 0 Å². The van der Waals surface area contributed by atoms with Crippen molar-refractivity contribution >= 4 is 22.5 Å². The number of hydrogen-bond acceptors (Lipinski definition) is 3. The third-order valence-electron chi connectivity index (χ3n) is 6.08. The second-order valence-electron chi connectivity index (χ2n) is 8.29. The van der Waals surface area contributed by atoms with Crippen LogP contribution in [-0.4, -0.2) is 28.2 Å². The normalized spacial score (nSPS) is 13.1. The van der Waals surface area contributed by atoms with E-state index in [0.717, 1.165) is 22.2 Å². The molecule has 0 fully saturated rings. The third kappa shape index (κ3) is 3.58. The van der Waals surface area contributed by atoms with Crippen molar-refractivity contribution in [1.82, 2.24) is 9.13 Å². The Kier molecular flexibility index (Phi) is 5.05. The van der Waals surface area contributed by atoms with Crippen LogP contribution in [0.2, 0.25) is 0 Å². The molecule has 1 amide bonds. The number of aromatic nitrogens is 2. The van der Waals surface area contributed by atoms with Crippen LogP contribution in [0.3, 0.4) is 0 Å². The summed E-state index contributed by atoms with van der Waals surface area (Å²) in [6, 6.07) is 17.8. The van der Waals surface area contributed by atoms with E-state index in [2.05, 4.69) is 19.1 Å². The fraction of sp³-hybridized carbons (Fsp3) is 0.231. The summed E-state index contributed by atoms with van der Waals surface area (Å²) in [6.07, 6.45) is 3.64. The van der Waals surface area contributed by atoms with Crippen molar-refractivity contribution in [2.75, 3.05) is 18.1 Å². The van der Waals surface area contributed by atoms with Gasteiger partial charge in [0.05, 0.1) is 12.2 Å². The third-order valence-corrected chi connectivity index (χ3v) is 6.08. The van der Waals surface area contributed by atoms with E-state index in [0.29, 0.717) is 31.0 Å². The Balaban J connectivity index is 1.46. The van der Waals surface area contributed by atoms with E-state index in [-0.39, 0.29) is 18.0 Å². The van der Waals surface area contributed by atoms with Gasteiger partial charge in [-0.3, -0.25) is 9.59 Å². The number of amides is 1. The van der Waals surface area contributed by atoms with Crippen molar-refractivity contribution in [3.63, 3.8) is 0 Å². The number of benzene rings is 2. The van der Waals surface area contributed by atoms with Gasteiger partial charge < -0.3 is 18.8 Å². The molecule has 1 aliphatic rings. The summed E-state index contributed by atoms with van der Waals surface area (Å²) in [5, 5.41) is 0.875. The second-order valence-corrected chi connectivity index (χ2v) is 8.29. The molecule has 162 valence electrons. The number of fused-ring (bicyclic) bond motifs is 2. The molecule has 0 atom stereocenters.